The minimum atomic E-state index is -0.0906. The van der Waals surface area contributed by atoms with Gasteiger partial charge in [-0.1, -0.05) is 18.2 Å². The maximum Gasteiger partial charge on any atom is 0.0702 e. The summed E-state index contributed by atoms with van der Waals surface area (Å²) in [6, 6.07) is 12.1. The molecule has 1 atom stereocenters. The van der Waals surface area contributed by atoms with Crippen LogP contribution >= 0.6 is 0 Å². The fourth-order valence-corrected chi connectivity index (χ4v) is 1.40. The molecule has 2 aromatic rings. The molecule has 0 bridgehead atoms. The average molecular weight is 182 g/mol. The summed E-state index contributed by atoms with van der Waals surface area (Å²) in [6.45, 7) is 1.88. The first-order valence-corrected chi connectivity index (χ1v) is 4.55. The van der Waals surface area contributed by atoms with Crippen LogP contribution < -0.4 is 0 Å². The summed E-state index contributed by atoms with van der Waals surface area (Å²) in [7, 11) is 0. The van der Waals surface area contributed by atoms with E-state index in [-0.39, 0.29) is 5.92 Å². The Kier molecular flexibility index (Phi) is 2.16. The second kappa shape index (κ2) is 3.47. The summed E-state index contributed by atoms with van der Waals surface area (Å²) in [5.41, 5.74) is 1.95. The molecule has 68 valence electrons. The monoisotopic (exact) mass is 182 g/mol. The highest BCUT2D eigenvalue weighted by Crippen LogP contribution is 2.18. The third-order valence-corrected chi connectivity index (χ3v) is 2.31. The Bertz CT molecular complexity index is 497. The zero-order valence-corrected chi connectivity index (χ0v) is 7.94. The smallest absolute Gasteiger partial charge is 0.0702 e. The standard InChI is InChI=1S/C12H10N2/c1-9(7-13)11-6-10-4-2-3-5-12(10)14-8-11/h2-6,8-9H,1H3. The van der Waals surface area contributed by atoms with Crippen molar-refractivity contribution in [2.75, 3.05) is 0 Å². The van der Waals surface area contributed by atoms with Crippen LogP contribution in [0.5, 0.6) is 0 Å². The van der Waals surface area contributed by atoms with Gasteiger partial charge in [0.2, 0.25) is 0 Å². The Labute approximate surface area is 82.8 Å². The number of benzene rings is 1. The van der Waals surface area contributed by atoms with E-state index in [2.05, 4.69) is 11.1 Å². The molecule has 1 aromatic carbocycles. The van der Waals surface area contributed by atoms with E-state index in [0.717, 1.165) is 16.5 Å². The van der Waals surface area contributed by atoms with Crippen LogP contribution in [0.2, 0.25) is 0 Å². The molecule has 1 unspecified atom stereocenters. The summed E-state index contributed by atoms with van der Waals surface area (Å²) >= 11 is 0. The molecule has 2 rings (SSSR count). The maximum absolute atomic E-state index is 8.78. The molecule has 14 heavy (non-hydrogen) atoms. The number of nitriles is 1. The largest absolute Gasteiger partial charge is 0.256 e. The number of fused-ring (bicyclic) bond motifs is 1. The Morgan fingerprint density at radius 3 is 2.93 bits per heavy atom. The lowest BCUT2D eigenvalue weighted by atomic mass is 10.0. The normalized spacial score (nSPS) is 12.3. The number of rotatable bonds is 1. The van der Waals surface area contributed by atoms with Gasteiger partial charge in [0, 0.05) is 11.6 Å². The third kappa shape index (κ3) is 1.45. The van der Waals surface area contributed by atoms with Crippen LogP contribution in [0, 0.1) is 11.3 Å². The molecule has 0 aliphatic carbocycles. The number of hydrogen-bond acceptors (Lipinski definition) is 2. The van der Waals surface area contributed by atoms with Crippen LogP contribution in [0.1, 0.15) is 18.4 Å². The van der Waals surface area contributed by atoms with Crippen molar-refractivity contribution in [3.05, 3.63) is 42.1 Å². The summed E-state index contributed by atoms with van der Waals surface area (Å²) in [5, 5.41) is 9.87. The SMILES string of the molecule is CC(C#N)c1cnc2ccccc2c1. The van der Waals surface area contributed by atoms with Crippen molar-refractivity contribution in [1.82, 2.24) is 4.98 Å². The van der Waals surface area contributed by atoms with Crippen LogP contribution in [0.15, 0.2) is 36.5 Å². The highest BCUT2D eigenvalue weighted by Gasteiger charge is 2.04. The molecule has 0 saturated carbocycles. The van der Waals surface area contributed by atoms with Crippen molar-refractivity contribution in [3.8, 4) is 6.07 Å². The lowest BCUT2D eigenvalue weighted by Gasteiger charge is -2.03. The molecule has 0 N–H and O–H groups in total. The minimum absolute atomic E-state index is 0.0906. The summed E-state index contributed by atoms with van der Waals surface area (Å²) in [6.07, 6.45) is 1.77. The molecule has 0 radical (unpaired) electrons. The van der Waals surface area contributed by atoms with Gasteiger partial charge in [-0.25, -0.2) is 0 Å². The van der Waals surface area contributed by atoms with Crippen molar-refractivity contribution >= 4 is 10.9 Å². The molecule has 2 nitrogen and oxygen atoms in total. The number of nitrogens with zero attached hydrogens (tertiary/aromatic N) is 2. The zero-order chi connectivity index (χ0) is 9.97. The molecule has 1 aromatic heterocycles. The van der Waals surface area contributed by atoms with E-state index in [1.165, 1.54) is 0 Å². The highest BCUT2D eigenvalue weighted by molar-refractivity contribution is 5.78. The Morgan fingerprint density at radius 2 is 2.14 bits per heavy atom. The van der Waals surface area contributed by atoms with Crippen molar-refractivity contribution in [1.29, 1.82) is 5.26 Å². The quantitative estimate of drug-likeness (QED) is 0.680. The molecule has 0 aliphatic rings. The Morgan fingerprint density at radius 1 is 1.36 bits per heavy atom. The van der Waals surface area contributed by atoms with Gasteiger partial charge in [0.05, 0.1) is 17.5 Å². The molecule has 0 spiro atoms. The van der Waals surface area contributed by atoms with Crippen LogP contribution in [0.3, 0.4) is 0 Å². The van der Waals surface area contributed by atoms with Gasteiger partial charge in [-0.05, 0) is 24.6 Å². The number of pyridine rings is 1. The van der Waals surface area contributed by atoms with E-state index in [1.807, 2.05) is 37.3 Å². The Hall–Kier alpha value is -1.88. The lowest BCUT2D eigenvalue weighted by molar-refractivity contribution is 0.974. The van der Waals surface area contributed by atoms with E-state index in [0.29, 0.717) is 0 Å². The van der Waals surface area contributed by atoms with Gasteiger partial charge in [0.1, 0.15) is 0 Å². The van der Waals surface area contributed by atoms with E-state index < -0.39 is 0 Å². The first-order chi connectivity index (χ1) is 6.81. The first kappa shape index (κ1) is 8.71. The molecule has 0 aliphatic heterocycles. The number of aromatic nitrogens is 1. The zero-order valence-electron chi connectivity index (χ0n) is 7.94. The predicted molar refractivity (Wildman–Crippen MR) is 55.8 cm³/mol. The molecular weight excluding hydrogens is 172 g/mol. The van der Waals surface area contributed by atoms with Gasteiger partial charge in [0.15, 0.2) is 0 Å². The second-order valence-electron chi connectivity index (χ2n) is 3.31. The van der Waals surface area contributed by atoms with Gasteiger partial charge >= 0.3 is 0 Å². The Balaban J connectivity index is 2.58. The van der Waals surface area contributed by atoms with Crippen molar-refractivity contribution in [2.45, 2.75) is 12.8 Å². The molecule has 0 amide bonds. The summed E-state index contributed by atoms with van der Waals surface area (Å²) in [5.74, 6) is -0.0906. The molecule has 1 heterocycles. The average Bonchev–Trinajstić information content (AvgIpc) is 2.27. The summed E-state index contributed by atoms with van der Waals surface area (Å²) in [4.78, 5) is 4.30. The van der Waals surface area contributed by atoms with Crippen LogP contribution in [0.25, 0.3) is 10.9 Å². The van der Waals surface area contributed by atoms with E-state index in [9.17, 15) is 0 Å². The number of hydrogen-bond donors (Lipinski definition) is 0. The van der Waals surface area contributed by atoms with Crippen molar-refractivity contribution in [3.63, 3.8) is 0 Å². The predicted octanol–water partition coefficient (Wildman–Crippen LogP) is 2.86. The minimum Gasteiger partial charge on any atom is -0.256 e. The van der Waals surface area contributed by atoms with E-state index >= 15 is 0 Å². The van der Waals surface area contributed by atoms with Crippen LogP contribution in [0.4, 0.5) is 0 Å². The maximum atomic E-state index is 8.78. The topological polar surface area (TPSA) is 36.7 Å². The lowest BCUT2D eigenvalue weighted by Crippen LogP contribution is -1.90. The van der Waals surface area contributed by atoms with Crippen molar-refractivity contribution < 1.29 is 0 Å². The van der Waals surface area contributed by atoms with Crippen LogP contribution in [-0.4, -0.2) is 4.98 Å². The number of para-hydroxylation sites is 1. The molecule has 0 saturated heterocycles. The van der Waals surface area contributed by atoms with Gasteiger partial charge in [-0.2, -0.15) is 5.26 Å². The fraction of sp³-hybridized carbons (Fsp3) is 0.167. The van der Waals surface area contributed by atoms with E-state index in [4.69, 9.17) is 5.26 Å². The first-order valence-electron chi connectivity index (χ1n) is 4.55. The molecular formula is C12H10N2. The van der Waals surface area contributed by atoms with Crippen molar-refractivity contribution in [2.24, 2.45) is 0 Å². The van der Waals surface area contributed by atoms with Gasteiger partial charge < -0.3 is 0 Å². The highest BCUT2D eigenvalue weighted by atomic mass is 14.6. The van der Waals surface area contributed by atoms with E-state index in [1.54, 1.807) is 6.20 Å². The summed E-state index contributed by atoms with van der Waals surface area (Å²) < 4.78 is 0. The molecule has 0 fully saturated rings. The second-order valence-corrected chi connectivity index (χ2v) is 3.31. The van der Waals surface area contributed by atoms with Gasteiger partial charge in [0.25, 0.3) is 0 Å². The third-order valence-electron chi connectivity index (χ3n) is 2.31. The van der Waals surface area contributed by atoms with Gasteiger partial charge in [-0.3, -0.25) is 4.98 Å². The molecule has 2 heteroatoms. The van der Waals surface area contributed by atoms with Gasteiger partial charge in [-0.15, -0.1) is 0 Å². The fourth-order valence-electron chi connectivity index (χ4n) is 1.40. The van der Waals surface area contributed by atoms with Crippen LogP contribution in [-0.2, 0) is 0 Å².